The Morgan fingerprint density at radius 2 is 1.95 bits per heavy atom. The summed E-state index contributed by atoms with van der Waals surface area (Å²) in [5.74, 6) is 3.17. The van der Waals surface area contributed by atoms with Crippen molar-refractivity contribution in [3.8, 4) is 0 Å². The zero-order valence-electron chi connectivity index (χ0n) is 13.8. The van der Waals surface area contributed by atoms with E-state index in [1.807, 2.05) is 0 Å². The Balaban J connectivity index is 1.44. The summed E-state index contributed by atoms with van der Waals surface area (Å²) in [6.45, 7) is 8.64. The fourth-order valence-corrected chi connectivity index (χ4v) is 4.69. The van der Waals surface area contributed by atoms with Gasteiger partial charge in [0, 0.05) is 25.7 Å². The largest absolute Gasteiger partial charge is 0.313 e. The van der Waals surface area contributed by atoms with Crippen molar-refractivity contribution in [3.63, 3.8) is 0 Å². The van der Waals surface area contributed by atoms with Gasteiger partial charge >= 0.3 is 0 Å². The highest BCUT2D eigenvalue weighted by Crippen LogP contribution is 2.48. The fraction of sp³-hybridized carbons (Fsp3) is 1.00. The first-order valence-electron chi connectivity index (χ1n) is 9.00. The molecule has 20 heavy (non-hydrogen) atoms. The van der Waals surface area contributed by atoms with E-state index >= 15 is 0 Å². The molecule has 0 aliphatic heterocycles. The van der Waals surface area contributed by atoms with Crippen molar-refractivity contribution in [2.24, 2.45) is 23.2 Å². The van der Waals surface area contributed by atoms with Gasteiger partial charge in [-0.05, 0) is 68.7 Å². The number of fused-ring (bicyclic) bond motifs is 2. The first-order valence-corrected chi connectivity index (χ1v) is 9.00. The molecule has 3 aliphatic carbocycles. The van der Waals surface area contributed by atoms with E-state index in [0.717, 1.165) is 23.8 Å². The summed E-state index contributed by atoms with van der Waals surface area (Å²) in [4.78, 5) is 2.64. The van der Waals surface area contributed by atoms with Crippen LogP contribution >= 0.6 is 0 Å². The smallest absolute Gasteiger partial charge is 0.00684 e. The van der Waals surface area contributed by atoms with Crippen LogP contribution in [0, 0.1) is 23.2 Å². The van der Waals surface area contributed by atoms with Gasteiger partial charge in [-0.3, -0.25) is 0 Å². The van der Waals surface area contributed by atoms with Crippen LogP contribution in [0.15, 0.2) is 0 Å². The number of nitrogens with zero attached hydrogens (tertiary/aromatic N) is 1. The third-order valence-electron chi connectivity index (χ3n) is 6.33. The van der Waals surface area contributed by atoms with Gasteiger partial charge in [0.05, 0.1) is 0 Å². The third-order valence-corrected chi connectivity index (χ3v) is 6.33. The Bertz CT molecular complexity index is 325. The monoisotopic (exact) mass is 278 g/mol. The highest BCUT2D eigenvalue weighted by molar-refractivity contribution is 4.92. The van der Waals surface area contributed by atoms with E-state index in [4.69, 9.17) is 0 Å². The molecule has 2 heteroatoms. The van der Waals surface area contributed by atoms with Gasteiger partial charge in [-0.25, -0.2) is 0 Å². The summed E-state index contributed by atoms with van der Waals surface area (Å²) in [5, 5.41) is 3.75. The molecule has 3 rings (SSSR count). The lowest BCUT2D eigenvalue weighted by Crippen LogP contribution is -2.43. The zero-order chi connectivity index (χ0) is 14.2. The molecule has 0 aromatic heterocycles. The van der Waals surface area contributed by atoms with Gasteiger partial charge in [0.25, 0.3) is 0 Å². The molecule has 0 aromatic carbocycles. The van der Waals surface area contributed by atoms with Gasteiger partial charge in [-0.15, -0.1) is 0 Å². The van der Waals surface area contributed by atoms with Gasteiger partial charge in [0.15, 0.2) is 0 Å². The summed E-state index contributed by atoms with van der Waals surface area (Å²) in [5.41, 5.74) is 0.453. The van der Waals surface area contributed by atoms with Gasteiger partial charge in [0.2, 0.25) is 0 Å². The highest BCUT2D eigenvalue weighted by Gasteiger charge is 2.40. The van der Waals surface area contributed by atoms with Crippen LogP contribution in [0.4, 0.5) is 0 Å². The second-order valence-electron chi connectivity index (χ2n) is 8.45. The van der Waals surface area contributed by atoms with E-state index in [9.17, 15) is 0 Å². The molecule has 0 radical (unpaired) electrons. The van der Waals surface area contributed by atoms with Crippen molar-refractivity contribution in [3.05, 3.63) is 0 Å². The molecule has 4 atom stereocenters. The van der Waals surface area contributed by atoms with Crippen molar-refractivity contribution in [1.29, 1.82) is 0 Å². The third kappa shape index (κ3) is 3.57. The van der Waals surface area contributed by atoms with Crippen molar-refractivity contribution in [1.82, 2.24) is 10.2 Å². The lowest BCUT2D eigenvalue weighted by atomic mass is 9.85. The molecule has 4 unspecified atom stereocenters. The maximum Gasteiger partial charge on any atom is 0.00684 e. The molecule has 3 aliphatic rings. The summed E-state index contributed by atoms with van der Waals surface area (Å²) in [6, 6.07) is 0.844. The zero-order valence-corrected chi connectivity index (χ0v) is 13.8. The molecule has 0 aromatic rings. The number of hydrogen-bond donors (Lipinski definition) is 1. The molecule has 1 N–H and O–H groups in total. The highest BCUT2D eigenvalue weighted by atomic mass is 15.1. The summed E-state index contributed by atoms with van der Waals surface area (Å²) in [7, 11) is 2.36. The SMILES string of the molecule is CCC(C)(CNC1CC1)CN(C)CC1CC2CCC1C2. The van der Waals surface area contributed by atoms with E-state index in [0.29, 0.717) is 5.41 Å². The van der Waals surface area contributed by atoms with Crippen molar-refractivity contribution in [2.45, 2.75) is 64.8 Å². The molecular formula is C18H34N2. The normalized spacial score (nSPS) is 35.7. The Hall–Kier alpha value is -0.0800. The second kappa shape index (κ2) is 5.96. The Kier molecular flexibility index (Phi) is 4.42. The minimum absolute atomic E-state index is 0.453. The quantitative estimate of drug-likeness (QED) is 0.731. The Labute approximate surface area is 125 Å². The Morgan fingerprint density at radius 1 is 1.15 bits per heavy atom. The predicted molar refractivity (Wildman–Crippen MR) is 85.9 cm³/mol. The lowest BCUT2D eigenvalue weighted by Gasteiger charge is -2.36. The molecule has 3 fully saturated rings. The molecule has 0 heterocycles. The van der Waals surface area contributed by atoms with E-state index in [-0.39, 0.29) is 0 Å². The van der Waals surface area contributed by atoms with Crippen LogP contribution in [0.25, 0.3) is 0 Å². The average Bonchev–Trinajstić information content (AvgIpc) is 3.03. The molecule has 0 amide bonds. The van der Waals surface area contributed by atoms with E-state index in [1.165, 1.54) is 58.2 Å². The van der Waals surface area contributed by atoms with Gasteiger partial charge in [-0.2, -0.15) is 0 Å². The second-order valence-corrected chi connectivity index (χ2v) is 8.45. The Morgan fingerprint density at radius 3 is 2.50 bits per heavy atom. The average molecular weight is 278 g/mol. The van der Waals surface area contributed by atoms with Crippen molar-refractivity contribution in [2.75, 3.05) is 26.7 Å². The molecule has 116 valence electrons. The minimum Gasteiger partial charge on any atom is -0.313 e. The fourth-order valence-electron chi connectivity index (χ4n) is 4.69. The molecule has 0 spiro atoms. The van der Waals surface area contributed by atoms with Gasteiger partial charge in [0.1, 0.15) is 0 Å². The molecule has 2 nitrogen and oxygen atoms in total. The van der Waals surface area contributed by atoms with Crippen molar-refractivity contribution < 1.29 is 0 Å². The standard InChI is InChI=1S/C18H34N2/c1-4-18(2,12-19-17-7-8-17)13-20(3)11-16-10-14-5-6-15(16)9-14/h14-17,19H,4-13H2,1-3H3. The van der Waals surface area contributed by atoms with E-state index in [1.54, 1.807) is 6.42 Å². The topological polar surface area (TPSA) is 15.3 Å². The van der Waals surface area contributed by atoms with Gasteiger partial charge < -0.3 is 10.2 Å². The maximum atomic E-state index is 3.75. The van der Waals surface area contributed by atoms with Gasteiger partial charge in [-0.1, -0.05) is 20.3 Å². The van der Waals surface area contributed by atoms with Crippen LogP contribution in [-0.2, 0) is 0 Å². The van der Waals surface area contributed by atoms with E-state index in [2.05, 4.69) is 31.1 Å². The number of nitrogens with one attached hydrogen (secondary N) is 1. The van der Waals surface area contributed by atoms with Crippen molar-refractivity contribution >= 4 is 0 Å². The van der Waals surface area contributed by atoms with Crippen LogP contribution in [0.5, 0.6) is 0 Å². The van der Waals surface area contributed by atoms with Crippen LogP contribution in [0.1, 0.15) is 58.8 Å². The molecular weight excluding hydrogens is 244 g/mol. The number of hydrogen-bond acceptors (Lipinski definition) is 2. The minimum atomic E-state index is 0.453. The van der Waals surface area contributed by atoms with Crippen LogP contribution in [0.2, 0.25) is 0 Å². The predicted octanol–water partition coefficient (Wildman–Crippen LogP) is 3.52. The summed E-state index contributed by atoms with van der Waals surface area (Å²) in [6.07, 6.45) is 10.2. The van der Waals surface area contributed by atoms with Crippen LogP contribution in [0.3, 0.4) is 0 Å². The number of rotatable bonds is 8. The first kappa shape index (κ1) is 14.8. The summed E-state index contributed by atoms with van der Waals surface area (Å²) >= 11 is 0. The lowest BCUT2D eigenvalue weighted by molar-refractivity contribution is 0.145. The van der Waals surface area contributed by atoms with Crippen LogP contribution < -0.4 is 5.32 Å². The molecule has 0 saturated heterocycles. The molecule has 2 bridgehead atoms. The van der Waals surface area contributed by atoms with E-state index < -0.39 is 0 Å². The van der Waals surface area contributed by atoms with Crippen LogP contribution in [-0.4, -0.2) is 37.6 Å². The molecule has 3 saturated carbocycles. The first-order chi connectivity index (χ1) is 9.58. The summed E-state index contributed by atoms with van der Waals surface area (Å²) < 4.78 is 0. The maximum absolute atomic E-state index is 3.75.